The molecular formula is C25H36N2O2. The maximum atomic E-state index is 5.58. The highest BCUT2D eigenvalue weighted by molar-refractivity contribution is 5.82. The number of pyridine rings is 1. The van der Waals surface area contributed by atoms with E-state index >= 15 is 0 Å². The summed E-state index contributed by atoms with van der Waals surface area (Å²) < 4.78 is 15.6. The lowest BCUT2D eigenvalue weighted by molar-refractivity contribution is -0.671. The molecule has 3 aromatic rings. The number of hydrogen-bond acceptors (Lipinski definition) is 2. The molecule has 0 N–H and O–H groups in total. The smallest absolute Gasteiger partial charge is 0.211 e. The summed E-state index contributed by atoms with van der Waals surface area (Å²) in [6, 6.07) is 13.0. The van der Waals surface area contributed by atoms with Gasteiger partial charge in [0.15, 0.2) is 18.7 Å². The molecule has 2 heterocycles. The van der Waals surface area contributed by atoms with Crippen LogP contribution < -0.4 is 9.30 Å². The number of hydrogen-bond donors (Lipinski definition) is 0. The Morgan fingerprint density at radius 2 is 1.76 bits per heavy atom. The van der Waals surface area contributed by atoms with E-state index in [4.69, 9.17) is 9.47 Å². The van der Waals surface area contributed by atoms with Gasteiger partial charge in [0, 0.05) is 29.2 Å². The number of rotatable bonds is 12. The van der Waals surface area contributed by atoms with Crippen LogP contribution in [-0.2, 0) is 18.3 Å². The van der Waals surface area contributed by atoms with Gasteiger partial charge < -0.3 is 15.5 Å². The molecule has 4 heteroatoms. The molecule has 0 spiro atoms. The van der Waals surface area contributed by atoms with Gasteiger partial charge >= 0.3 is 0 Å². The van der Waals surface area contributed by atoms with E-state index < -0.39 is 0 Å². The first kappa shape index (κ1) is 21.4. The summed E-state index contributed by atoms with van der Waals surface area (Å²) in [6.45, 7) is 6.60. The van der Waals surface area contributed by atoms with Gasteiger partial charge in [-0.15, -0.1) is 0 Å². The van der Waals surface area contributed by atoms with Crippen molar-refractivity contribution in [2.24, 2.45) is 7.05 Å². The van der Waals surface area contributed by atoms with Gasteiger partial charge in [-0.05, 0) is 51.0 Å². The highest BCUT2D eigenvalue weighted by Gasteiger charge is 2.05. The van der Waals surface area contributed by atoms with E-state index in [9.17, 15) is 0 Å². The minimum absolute atomic E-state index is 0. The van der Waals surface area contributed by atoms with E-state index in [0.29, 0.717) is 6.79 Å². The zero-order chi connectivity index (χ0) is 20.5. The monoisotopic (exact) mass is 398 g/mol. The fraction of sp³-hybridized carbons (Fsp3) is 0.480. The largest absolute Gasteiger partial charge is 1.00 e. The molecule has 29 heavy (non-hydrogen) atoms. The van der Waals surface area contributed by atoms with Crippen molar-refractivity contribution in [1.29, 1.82) is 0 Å². The lowest BCUT2D eigenvalue weighted by Crippen LogP contribution is -2.26. The Morgan fingerprint density at radius 3 is 2.59 bits per heavy atom. The van der Waals surface area contributed by atoms with Gasteiger partial charge in [0.05, 0.1) is 6.61 Å². The predicted molar refractivity (Wildman–Crippen MR) is 119 cm³/mol. The van der Waals surface area contributed by atoms with Crippen molar-refractivity contribution in [3.63, 3.8) is 0 Å². The van der Waals surface area contributed by atoms with Gasteiger partial charge in [0.2, 0.25) is 6.20 Å². The van der Waals surface area contributed by atoms with Gasteiger partial charge in [0.25, 0.3) is 0 Å². The van der Waals surface area contributed by atoms with Crippen LogP contribution in [0.5, 0.6) is 5.75 Å². The van der Waals surface area contributed by atoms with Gasteiger partial charge in [-0.25, -0.2) is 4.57 Å². The number of unbranched alkanes of at least 4 members (excludes halogenated alkanes) is 5. The normalized spacial score (nSPS) is 11.3. The highest BCUT2D eigenvalue weighted by atomic mass is 16.7. The van der Waals surface area contributed by atoms with Crippen LogP contribution in [0.25, 0.3) is 10.9 Å². The summed E-state index contributed by atoms with van der Waals surface area (Å²) in [4.78, 5) is 0. The third-order valence-corrected chi connectivity index (χ3v) is 5.41. The number of ether oxygens (including phenoxy) is 2. The molecule has 0 aliphatic rings. The lowest BCUT2D eigenvalue weighted by Gasteiger charge is -2.09. The molecule has 2 aromatic heterocycles. The summed E-state index contributed by atoms with van der Waals surface area (Å²) in [7, 11) is 1.98. The predicted octanol–water partition coefficient (Wildman–Crippen LogP) is 5.59. The zero-order valence-corrected chi connectivity index (χ0v) is 18.2. The van der Waals surface area contributed by atoms with Crippen LogP contribution in [0.15, 0.2) is 48.8 Å². The SMILES string of the molecule is Cc1ccc2c(c1)cc(C)n2CCCCCCCCOCOc1ccc[n+](C)c1.[3H-]. The van der Waals surface area contributed by atoms with E-state index in [-0.39, 0.29) is 1.43 Å². The molecule has 0 saturated heterocycles. The Labute approximate surface area is 176 Å². The first-order valence-corrected chi connectivity index (χ1v) is 10.9. The molecule has 0 unspecified atom stereocenters. The van der Waals surface area contributed by atoms with E-state index in [2.05, 4.69) is 42.7 Å². The molecular weight excluding hydrogens is 360 g/mol. The second-order valence-corrected chi connectivity index (χ2v) is 8.00. The van der Waals surface area contributed by atoms with Crippen LogP contribution in [0.4, 0.5) is 0 Å². The molecule has 0 radical (unpaired) electrons. The Morgan fingerprint density at radius 1 is 0.966 bits per heavy atom. The van der Waals surface area contributed by atoms with Crippen LogP contribution in [0.2, 0.25) is 0 Å². The Balaban J connectivity index is 0.00000320. The Bertz CT molecular complexity index is 907. The van der Waals surface area contributed by atoms with Crippen LogP contribution in [0, 0.1) is 13.8 Å². The molecule has 0 amide bonds. The van der Waals surface area contributed by atoms with E-state index in [0.717, 1.165) is 25.3 Å². The summed E-state index contributed by atoms with van der Waals surface area (Å²) in [6.07, 6.45) is 11.4. The second kappa shape index (κ2) is 11.0. The van der Waals surface area contributed by atoms with E-state index in [1.165, 1.54) is 54.3 Å². The maximum Gasteiger partial charge on any atom is 0.211 e. The number of benzene rings is 1. The molecule has 0 aliphatic heterocycles. The number of nitrogens with zero attached hydrogens (tertiary/aromatic N) is 2. The minimum atomic E-state index is 0. The van der Waals surface area contributed by atoms with Crippen molar-refractivity contribution in [2.45, 2.75) is 58.9 Å². The van der Waals surface area contributed by atoms with Gasteiger partial charge in [0.1, 0.15) is 7.05 Å². The Hall–Kier alpha value is -2.33. The molecule has 0 bridgehead atoms. The quantitative estimate of drug-likeness (QED) is 0.226. The van der Waals surface area contributed by atoms with Crippen molar-refractivity contribution in [3.8, 4) is 5.75 Å². The van der Waals surface area contributed by atoms with Crippen molar-refractivity contribution < 1.29 is 15.5 Å². The lowest BCUT2D eigenvalue weighted by atomic mass is 10.1. The number of fused-ring (bicyclic) bond motifs is 1. The minimum Gasteiger partial charge on any atom is -1.00 e. The van der Waals surface area contributed by atoms with Crippen molar-refractivity contribution in [1.82, 2.24) is 4.57 Å². The molecule has 1 aromatic carbocycles. The second-order valence-electron chi connectivity index (χ2n) is 8.00. The highest BCUT2D eigenvalue weighted by Crippen LogP contribution is 2.21. The van der Waals surface area contributed by atoms with Crippen LogP contribution >= 0.6 is 0 Å². The van der Waals surface area contributed by atoms with Gasteiger partial charge in [-0.1, -0.05) is 37.3 Å². The van der Waals surface area contributed by atoms with Crippen LogP contribution in [0.1, 0.15) is 51.2 Å². The fourth-order valence-corrected chi connectivity index (χ4v) is 3.82. The molecule has 0 fully saturated rings. The Kier molecular flexibility index (Phi) is 8.12. The fourth-order valence-electron chi connectivity index (χ4n) is 3.82. The molecule has 158 valence electrons. The molecule has 0 aliphatic carbocycles. The van der Waals surface area contributed by atoms with E-state index in [1.807, 2.05) is 36.1 Å². The first-order valence-electron chi connectivity index (χ1n) is 10.9. The summed E-state index contributed by atoms with van der Waals surface area (Å²) in [5.41, 5.74) is 4.07. The standard InChI is InChI=1S/C25H35N2O2.H/c1-21-12-13-25-23(17-21)18-22(2)27(25)15-8-6-4-5-7-9-16-28-20-29-24-11-10-14-26(3)19-24;/h10-14,17-19H,4-9,15-16,20H2,1-3H3;/q+1;-1/i;1+2. The van der Waals surface area contributed by atoms with E-state index in [1.54, 1.807) is 0 Å². The average molecular weight is 399 g/mol. The van der Waals surface area contributed by atoms with Gasteiger partial charge in [-0.2, -0.15) is 0 Å². The summed E-state index contributed by atoms with van der Waals surface area (Å²) >= 11 is 0. The third kappa shape index (κ3) is 6.60. The van der Waals surface area contributed by atoms with Crippen LogP contribution in [0.3, 0.4) is 0 Å². The average Bonchev–Trinajstić information content (AvgIpc) is 3.00. The third-order valence-electron chi connectivity index (χ3n) is 5.41. The summed E-state index contributed by atoms with van der Waals surface area (Å²) in [5, 5.41) is 1.37. The van der Waals surface area contributed by atoms with Gasteiger partial charge in [-0.3, -0.25) is 0 Å². The molecule has 3 rings (SSSR count). The molecule has 0 saturated carbocycles. The van der Waals surface area contributed by atoms with Crippen molar-refractivity contribution in [3.05, 3.63) is 60.0 Å². The summed E-state index contributed by atoms with van der Waals surface area (Å²) in [5.74, 6) is 0.843. The topological polar surface area (TPSA) is 27.3 Å². The van der Waals surface area contributed by atoms with Crippen molar-refractivity contribution >= 4 is 10.9 Å². The molecule has 4 nitrogen and oxygen atoms in total. The maximum absolute atomic E-state index is 5.58. The van der Waals surface area contributed by atoms with Crippen LogP contribution in [-0.4, -0.2) is 18.0 Å². The zero-order valence-electron chi connectivity index (χ0n) is 19.2. The molecule has 0 atom stereocenters. The first-order chi connectivity index (χ1) is 14.1. The number of aromatic nitrogens is 2. The van der Waals surface area contributed by atoms with Crippen molar-refractivity contribution in [2.75, 3.05) is 13.4 Å². The number of aryl methyl sites for hydroxylation is 4.